The van der Waals surface area contributed by atoms with Crippen LogP contribution in [0.5, 0.6) is 0 Å². The summed E-state index contributed by atoms with van der Waals surface area (Å²) in [4.78, 5) is 4.20. The van der Waals surface area contributed by atoms with Gasteiger partial charge in [0.05, 0.1) is 11.6 Å². The van der Waals surface area contributed by atoms with Gasteiger partial charge in [0.2, 0.25) is 0 Å². The van der Waals surface area contributed by atoms with Crippen molar-refractivity contribution in [3.05, 3.63) is 35.9 Å². The zero-order valence-electron chi connectivity index (χ0n) is 8.01. The van der Waals surface area contributed by atoms with Crippen molar-refractivity contribution in [1.29, 1.82) is 10.5 Å². The third kappa shape index (κ3) is 1.53. The van der Waals surface area contributed by atoms with Gasteiger partial charge in [0.1, 0.15) is 11.9 Å². The first-order chi connectivity index (χ1) is 7.36. The first kappa shape index (κ1) is 9.23. The van der Waals surface area contributed by atoms with Gasteiger partial charge in [0, 0.05) is 19.0 Å². The minimum absolute atomic E-state index is 0.416. The van der Waals surface area contributed by atoms with E-state index in [-0.39, 0.29) is 0 Å². The fourth-order valence-corrected chi connectivity index (χ4v) is 1.53. The quantitative estimate of drug-likeness (QED) is 0.733. The summed E-state index contributed by atoms with van der Waals surface area (Å²) >= 11 is 0. The molecule has 0 saturated carbocycles. The van der Waals surface area contributed by atoms with Gasteiger partial charge in [-0.3, -0.25) is 0 Å². The first-order valence-electron chi connectivity index (χ1n) is 4.60. The molecule has 0 aliphatic heterocycles. The van der Waals surface area contributed by atoms with Gasteiger partial charge in [0.15, 0.2) is 5.69 Å². The summed E-state index contributed by atoms with van der Waals surface area (Å²) in [6.07, 6.45) is 2.85. The van der Waals surface area contributed by atoms with Gasteiger partial charge in [0.25, 0.3) is 0 Å². The topological polar surface area (TPSA) is 64.9 Å². The van der Waals surface area contributed by atoms with Gasteiger partial charge in [-0.25, -0.2) is 4.98 Å². The zero-order chi connectivity index (χ0) is 10.7. The zero-order valence-corrected chi connectivity index (χ0v) is 8.01. The summed E-state index contributed by atoms with van der Waals surface area (Å²) in [6.45, 7) is 0. The van der Waals surface area contributed by atoms with E-state index in [2.05, 4.69) is 17.1 Å². The summed E-state index contributed by atoms with van der Waals surface area (Å²) in [5, 5.41) is 17.4. The smallest absolute Gasteiger partial charge is 0.166 e. The third-order valence-corrected chi connectivity index (χ3v) is 2.19. The molecule has 0 saturated heterocycles. The molecule has 0 amide bonds. The van der Waals surface area contributed by atoms with Gasteiger partial charge in [-0.2, -0.15) is 10.5 Å². The van der Waals surface area contributed by atoms with Crippen LogP contribution in [0.3, 0.4) is 0 Å². The lowest BCUT2D eigenvalue weighted by atomic mass is 10.3. The molecule has 2 rings (SSSR count). The molecule has 0 bridgehead atoms. The van der Waals surface area contributed by atoms with Crippen LogP contribution in [-0.2, 0) is 6.42 Å². The SMILES string of the molecule is N#CCCc1nc(C#N)c2ccccn12. The van der Waals surface area contributed by atoms with Crippen LogP contribution in [0.1, 0.15) is 17.9 Å². The van der Waals surface area contributed by atoms with Crippen molar-refractivity contribution in [1.82, 2.24) is 9.38 Å². The second-order valence-corrected chi connectivity index (χ2v) is 3.10. The standard InChI is InChI=1S/C11H8N4/c12-6-3-5-11-14-9(8-13)10-4-1-2-7-15(10)11/h1-2,4,7H,3,5H2. The Bertz CT molecular complexity index is 568. The highest BCUT2D eigenvalue weighted by Crippen LogP contribution is 2.13. The van der Waals surface area contributed by atoms with Crippen molar-refractivity contribution < 1.29 is 0 Å². The van der Waals surface area contributed by atoms with Crippen LogP contribution in [0.25, 0.3) is 5.52 Å². The van der Waals surface area contributed by atoms with E-state index in [4.69, 9.17) is 10.5 Å². The maximum absolute atomic E-state index is 8.88. The first-order valence-corrected chi connectivity index (χ1v) is 4.60. The summed E-state index contributed by atoms with van der Waals surface area (Å²) in [5.41, 5.74) is 1.22. The highest BCUT2D eigenvalue weighted by atomic mass is 15.0. The average molecular weight is 196 g/mol. The molecule has 0 spiro atoms. The third-order valence-electron chi connectivity index (χ3n) is 2.19. The molecule has 2 heterocycles. The lowest BCUT2D eigenvalue weighted by molar-refractivity contribution is 0.878. The average Bonchev–Trinajstić information content (AvgIpc) is 2.65. The van der Waals surface area contributed by atoms with E-state index in [0.29, 0.717) is 18.5 Å². The molecule has 0 aromatic carbocycles. The molecule has 0 aliphatic carbocycles. The lowest BCUT2D eigenvalue weighted by Gasteiger charge is -1.96. The highest BCUT2D eigenvalue weighted by molar-refractivity contribution is 5.58. The van der Waals surface area contributed by atoms with Crippen molar-refractivity contribution in [2.24, 2.45) is 0 Å². The molecule has 0 atom stereocenters. The van der Waals surface area contributed by atoms with Crippen LogP contribution in [0.2, 0.25) is 0 Å². The number of nitriles is 2. The maximum Gasteiger partial charge on any atom is 0.166 e. The Balaban J connectivity index is 2.57. The van der Waals surface area contributed by atoms with Gasteiger partial charge in [-0.1, -0.05) is 6.07 Å². The Labute approximate surface area is 87.0 Å². The summed E-state index contributed by atoms with van der Waals surface area (Å²) in [6, 6.07) is 9.72. The predicted octanol–water partition coefficient (Wildman–Crippen LogP) is 1.66. The summed E-state index contributed by atoms with van der Waals surface area (Å²) in [7, 11) is 0. The Morgan fingerprint density at radius 2 is 2.20 bits per heavy atom. The van der Waals surface area contributed by atoms with E-state index < -0.39 is 0 Å². The van der Waals surface area contributed by atoms with Crippen molar-refractivity contribution in [3.8, 4) is 12.1 Å². The van der Waals surface area contributed by atoms with Crippen LogP contribution in [-0.4, -0.2) is 9.38 Å². The number of aromatic nitrogens is 2. The van der Waals surface area contributed by atoms with Crippen molar-refractivity contribution in [3.63, 3.8) is 0 Å². The van der Waals surface area contributed by atoms with Crippen molar-refractivity contribution >= 4 is 5.52 Å². The molecule has 72 valence electrons. The fraction of sp³-hybridized carbons (Fsp3) is 0.182. The lowest BCUT2D eigenvalue weighted by Crippen LogP contribution is -1.93. The Morgan fingerprint density at radius 3 is 2.93 bits per heavy atom. The van der Waals surface area contributed by atoms with Gasteiger partial charge in [-0.15, -0.1) is 0 Å². The molecule has 15 heavy (non-hydrogen) atoms. The molecule has 0 N–H and O–H groups in total. The molecule has 4 nitrogen and oxygen atoms in total. The van der Waals surface area contributed by atoms with Gasteiger partial charge >= 0.3 is 0 Å². The number of rotatable bonds is 2. The fourth-order valence-electron chi connectivity index (χ4n) is 1.53. The molecular weight excluding hydrogens is 188 g/mol. The molecule has 0 radical (unpaired) electrons. The van der Waals surface area contributed by atoms with E-state index >= 15 is 0 Å². The maximum atomic E-state index is 8.88. The number of imidazole rings is 1. The molecular formula is C11H8N4. The predicted molar refractivity (Wildman–Crippen MR) is 53.8 cm³/mol. The highest BCUT2D eigenvalue weighted by Gasteiger charge is 2.08. The van der Waals surface area contributed by atoms with Crippen molar-refractivity contribution in [2.45, 2.75) is 12.8 Å². The minimum Gasteiger partial charge on any atom is -0.302 e. The van der Waals surface area contributed by atoms with E-state index in [9.17, 15) is 0 Å². The Hall–Kier alpha value is -2.33. The van der Waals surface area contributed by atoms with E-state index in [1.54, 1.807) is 0 Å². The molecule has 0 fully saturated rings. The summed E-state index contributed by atoms with van der Waals surface area (Å²) in [5.74, 6) is 0.767. The number of hydrogen-bond donors (Lipinski definition) is 0. The number of nitrogens with zero attached hydrogens (tertiary/aromatic N) is 4. The van der Waals surface area contributed by atoms with Crippen LogP contribution in [0, 0.1) is 22.7 Å². The largest absolute Gasteiger partial charge is 0.302 e. The van der Waals surface area contributed by atoms with Crippen LogP contribution < -0.4 is 0 Å². The molecule has 4 heteroatoms. The minimum atomic E-state index is 0.416. The molecule has 0 unspecified atom stereocenters. The van der Waals surface area contributed by atoms with Crippen LogP contribution in [0.15, 0.2) is 24.4 Å². The number of fused-ring (bicyclic) bond motifs is 1. The Kier molecular flexibility index (Phi) is 2.35. The summed E-state index contributed by atoms with van der Waals surface area (Å²) < 4.78 is 1.86. The molecule has 0 aliphatic rings. The van der Waals surface area contributed by atoms with Gasteiger partial charge < -0.3 is 4.40 Å². The van der Waals surface area contributed by atoms with Gasteiger partial charge in [-0.05, 0) is 12.1 Å². The monoisotopic (exact) mass is 196 g/mol. The number of aryl methyl sites for hydroxylation is 1. The normalized spacial score (nSPS) is 9.73. The van der Waals surface area contributed by atoms with E-state index in [1.165, 1.54) is 0 Å². The van der Waals surface area contributed by atoms with Crippen molar-refractivity contribution in [2.75, 3.05) is 0 Å². The van der Waals surface area contributed by atoms with Crippen LogP contribution >= 0.6 is 0 Å². The number of hydrogen-bond acceptors (Lipinski definition) is 3. The van der Waals surface area contributed by atoms with Crippen LogP contribution in [0.4, 0.5) is 0 Å². The molecule has 2 aromatic heterocycles. The van der Waals surface area contributed by atoms with E-state index in [1.807, 2.05) is 28.8 Å². The van der Waals surface area contributed by atoms with E-state index in [0.717, 1.165) is 11.3 Å². The second-order valence-electron chi connectivity index (χ2n) is 3.10. The molecule has 2 aromatic rings. The second kappa shape index (κ2) is 3.81. The number of pyridine rings is 1. The Morgan fingerprint density at radius 1 is 1.33 bits per heavy atom.